The van der Waals surface area contributed by atoms with Crippen LogP contribution in [0.2, 0.25) is 0 Å². The molecule has 1 aromatic carbocycles. The molecule has 1 amide bonds. The van der Waals surface area contributed by atoms with Crippen molar-refractivity contribution < 1.29 is 18.3 Å². The second-order valence-electron chi connectivity index (χ2n) is 4.65. The largest absolute Gasteiger partial charge is 0.507 e. The fraction of sp³-hybridized carbons (Fsp3) is 0.364. The van der Waals surface area contributed by atoms with E-state index in [1.807, 2.05) is 0 Å². The number of hydrogen-bond donors (Lipinski definition) is 2. The lowest BCUT2D eigenvalue weighted by molar-refractivity contribution is -0.120. The van der Waals surface area contributed by atoms with E-state index in [9.17, 15) is 18.3 Å². The van der Waals surface area contributed by atoms with Crippen molar-refractivity contribution in [2.75, 3.05) is 11.1 Å². The first-order valence-electron chi connectivity index (χ1n) is 5.31. The molecule has 90 valence electrons. The van der Waals surface area contributed by atoms with Gasteiger partial charge in [-0.2, -0.15) is 0 Å². The molecule has 2 N–H and O–H groups in total. The summed E-state index contributed by atoms with van der Waals surface area (Å²) in [5.74, 6) is -0.776. The van der Waals surface area contributed by atoms with E-state index in [1.54, 1.807) is 0 Å². The molecule has 1 aliphatic heterocycles. The van der Waals surface area contributed by atoms with E-state index in [2.05, 4.69) is 5.32 Å². The quantitative estimate of drug-likeness (QED) is 0.719. The molecule has 5 nitrogen and oxygen atoms in total. The van der Waals surface area contributed by atoms with Crippen LogP contribution in [-0.4, -0.2) is 25.2 Å². The molecule has 1 saturated carbocycles. The Morgan fingerprint density at radius 3 is 2.65 bits per heavy atom. The van der Waals surface area contributed by atoms with E-state index >= 15 is 0 Å². The molecule has 0 saturated heterocycles. The van der Waals surface area contributed by atoms with Crippen molar-refractivity contribution in [3.63, 3.8) is 0 Å². The molecule has 1 heterocycles. The van der Waals surface area contributed by atoms with E-state index in [4.69, 9.17) is 0 Å². The van der Waals surface area contributed by atoms with Crippen LogP contribution in [0.1, 0.15) is 12.8 Å². The van der Waals surface area contributed by atoms with Crippen LogP contribution in [0.3, 0.4) is 0 Å². The zero-order chi connectivity index (χ0) is 12.3. The smallest absolute Gasteiger partial charge is 0.231 e. The molecule has 17 heavy (non-hydrogen) atoms. The van der Waals surface area contributed by atoms with Crippen molar-refractivity contribution in [1.29, 1.82) is 0 Å². The van der Waals surface area contributed by atoms with Crippen LogP contribution in [0, 0.1) is 5.41 Å². The van der Waals surface area contributed by atoms with Crippen LogP contribution in [0.5, 0.6) is 5.75 Å². The summed E-state index contributed by atoms with van der Waals surface area (Å²) in [5.41, 5.74) is -0.594. The van der Waals surface area contributed by atoms with Gasteiger partial charge in [0.2, 0.25) is 5.91 Å². The maximum Gasteiger partial charge on any atom is 0.231 e. The number of hydrogen-bond acceptors (Lipinski definition) is 4. The van der Waals surface area contributed by atoms with Gasteiger partial charge in [0.05, 0.1) is 16.9 Å². The first kappa shape index (κ1) is 10.6. The highest BCUT2D eigenvalue weighted by Gasteiger charge is 2.55. The fourth-order valence-electron chi connectivity index (χ4n) is 2.23. The number of rotatable bonds is 0. The second kappa shape index (κ2) is 3.01. The number of phenolic OH excluding ortho intramolecular Hbond substituents is 1. The van der Waals surface area contributed by atoms with Crippen molar-refractivity contribution >= 4 is 21.4 Å². The predicted molar refractivity (Wildman–Crippen MR) is 60.5 cm³/mol. The molecule has 0 unspecified atom stereocenters. The Morgan fingerprint density at radius 2 is 2.00 bits per heavy atom. The maximum absolute atomic E-state index is 12.2. The van der Waals surface area contributed by atoms with E-state index in [0.29, 0.717) is 12.8 Å². The zero-order valence-electron chi connectivity index (χ0n) is 8.93. The number of amides is 1. The Hall–Kier alpha value is -1.56. The fourth-order valence-corrected chi connectivity index (χ4v) is 4.36. The van der Waals surface area contributed by atoms with Gasteiger partial charge < -0.3 is 10.4 Å². The molecule has 1 fully saturated rings. The van der Waals surface area contributed by atoms with Crippen LogP contribution in [-0.2, 0) is 14.6 Å². The lowest BCUT2D eigenvalue weighted by Gasteiger charge is -2.08. The number of carbonyl (C=O) groups excluding carboxylic acids is 1. The Balaban J connectivity index is 2.25. The standard InChI is InChI=1S/C11H11NO4S/c13-8-3-1-2-7-9(8)17(15,16)6-11(4-5-11)10(14)12-7/h1-3,13H,4-6H2,(H,12,14). The van der Waals surface area contributed by atoms with E-state index in [0.717, 1.165) is 0 Å². The molecule has 0 aromatic heterocycles. The molecule has 0 atom stereocenters. The number of benzene rings is 1. The minimum Gasteiger partial charge on any atom is -0.507 e. The SMILES string of the molecule is O=C1Nc2cccc(O)c2S(=O)(=O)CC12CC2. The zero-order valence-corrected chi connectivity index (χ0v) is 9.75. The molecule has 1 spiro atoms. The molecule has 2 aliphatic rings. The third kappa shape index (κ3) is 1.44. The molecule has 0 radical (unpaired) electrons. The van der Waals surface area contributed by atoms with Gasteiger partial charge in [-0.25, -0.2) is 8.42 Å². The number of carbonyl (C=O) groups is 1. The van der Waals surface area contributed by atoms with Gasteiger partial charge in [-0.15, -0.1) is 0 Å². The summed E-state index contributed by atoms with van der Waals surface area (Å²) in [5, 5.41) is 12.3. The van der Waals surface area contributed by atoms with E-state index in [1.165, 1.54) is 18.2 Å². The highest BCUT2D eigenvalue weighted by molar-refractivity contribution is 7.91. The average Bonchev–Trinajstić information content (AvgIpc) is 2.97. The van der Waals surface area contributed by atoms with Crippen molar-refractivity contribution in [2.24, 2.45) is 5.41 Å². The van der Waals surface area contributed by atoms with Gasteiger partial charge >= 0.3 is 0 Å². The van der Waals surface area contributed by atoms with Crippen LogP contribution < -0.4 is 5.32 Å². The minimum absolute atomic E-state index is 0.155. The Kier molecular flexibility index (Phi) is 1.87. The third-order valence-electron chi connectivity index (χ3n) is 3.35. The van der Waals surface area contributed by atoms with E-state index < -0.39 is 15.3 Å². The monoisotopic (exact) mass is 253 g/mol. The summed E-state index contributed by atoms with van der Waals surface area (Å²) in [4.78, 5) is 11.7. The van der Waals surface area contributed by atoms with Crippen molar-refractivity contribution in [3.05, 3.63) is 18.2 Å². The van der Waals surface area contributed by atoms with E-state index in [-0.39, 0.29) is 28.0 Å². The van der Waals surface area contributed by atoms with Crippen LogP contribution >= 0.6 is 0 Å². The lowest BCUT2D eigenvalue weighted by atomic mass is 10.1. The summed E-state index contributed by atoms with van der Waals surface area (Å²) < 4.78 is 24.3. The first-order valence-corrected chi connectivity index (χ1v) is 6.96. The third-order valence-corrected chi connectivity index (χ3v) is 5.34. The van der Waals surface area contributed by atoms with Gasteiger partial charge in [0.25, 0.3) is 0 Å². The average molecular weight is 253 g/mol. The Bertz CT molecular complexity index is 616. The van der Waals surface area contributed by atoms with Gasteiger partial charge in [-0.3, -0.25) is 4.79 Å². The number of fused-ring (bicyclic) bond motifs is 1. The lowest BCUT2D eigenvalue weighted by Crippen LogP contribution is -2.27. The van der Waals surface area contributed by atoms with Crippen molar-refractivity contribution in [2.45, 2.75) is 17.7 Å². The van der Waals surface area contributed by atoms with Gasteiger partial charge in [-0.05, 0) is 25.0 Å². The van der Waals surface area contributed by atoms with Gasteiger partial charge in [0.1, 0.15) is 10.6 Å². The second-order valence-corrected chi connectivity index (χ2v) is 6.57. The van der Waals surface area contributed by atoms with Crippen LogP contribution in [0.25, 0.3) is 0 Å². The molecule has 6 heteroatoms. The van der Waals surface area contributed by atoms with Crippen LogP contribution in [0.4, 0.5) is 5.69 Å². The molecule has 3 rings (SSSR count). The van der Waals surface area contributed by atoms with Gasteiger partial charge in [0, 0.05) is 0 Å². The number of aromatic hydroxyl groups is 1. The minimum atomic E-state index is -3.62. The topological polar surface area (TPSA) is 83.5 Å². The van der Waals surface area contributed by atoms with Crippen molar-refractivity contribution in [1.82, 2.24) is 0 Å². The normalized spacial score (nSPS) is 23.6. The highest BCUT2D eigenvalue weighted by atomic mass is 32.2. The highest BCUT2D eigenvalue weighted by Crippen LogP contribution is 2.51. The molecule has 0 bridgehead atoms. The molecular weight excluding hydrogens is 242 g/mol. The summed E-state index contributed by atoms with van der Waals surface area (Å²) >= 11 is 0. The Morgan fingerprint density at radius 1 is 1.29 bits per heavy atom. The summed E-state index contributed by atoms with van der Waals surface area (Å²) in [6, 6.07) is 4.31. The number of nitrogens with one attached hydrogen (secondary N) is 1. The summed E-state index contributed by atoms with van der Waals surface area (Å²) in [6.45, 7) is 0. The maximum atomic E-state index is 12.2. The number of anilines is 1. The molecule has 1 aliphatic carbocycles. The Labute approximate surface area is 98.4 Å². The summed E-state index contributed by atoms with van der Waals surface area (Å²) in [6.07, 6.45) is 1.18. The van der Waals surface area contributed by atoms with Gasteiger partial charge in [-0.1, -0.05) is 6.07 Å². The van der Waals surface area contributed by atoms with Gasteiger partial charge in [0.15, 0.2) is 9.84 Å². The predicted octanol–water partition coefficient (Wildman–Crippen LogP) is 0.898. The summed E-state index contributed by atoms with van der Waals surface area (Å²) in [7, 11) is -3.62. The van der Waals surface area contributed by atoms with Crippen molar-refractivity contribution in [3.8, 4) is 5.75 Å². The molecular formula is C11H11NO4S. The first-order chi connectivity index (χ1) is 7.95. The molecule has 1 aromatic rings. The van der Waals surface area contributed by atoms with Crippen LogP contribution in [0.15, 0.2) is 23.1 Å². The number of sulfone groups is 1. The number of phenols is 1.